The number of anilines is 1. The van der Waals surface area contributed by atoms with Crippen molar-refractivity contribution in [3.05, 3.63) is 53.5 Å². The summed E-state index contributed by atoms with van der Waals surface area (Å²) in [5.74, 6) is 0.531. The van der Waals surface area contributed by atoms with Crippen LogP contribution in [0.2, 0.25) is 0 Å². The van der Waals surface area contributed by atoms with Gasteiger partial charge in [0.2, 0.25) is 0 Å². The number of carbonyl (C=O) groups excluding carboxylic acids is 1. The van der Waals surface area contributed by atoms with Crippen molar-refractivity contribution in [2.24, 2.45) is 0 Å². The quantitative estimate of drug-likeness (QED) is 0.678. The zero-order chi connectivity index (χ0) is 14.5. The van der Waals surface area contributed by atoms with Crippen molar-refractivity contribution in [3.8, 4) is 11.5 Å². The van der Waals surface area contributed by atoms with Crippen LogP contribution in [0.1, 0.15) is 10.5 Å². The summed E-state index contributed by atoms with van der Waals surface area (Å²) in [5, 5.41) is 14.2. The summed E-state index contributed by atoms with van der Waals surface area (Å²) >= 11 is 0. The van der Waals surface area contributed by atoms with Gasteiger partial charge >= 0.3 is 5.91 Å². The Morgan fingerprint density at radius 3 is 2.65 bits per heavy atom. The van der Waals surface area contributed by atoms with E-state index in [1.807, 2.05) is 0 Å². The normalized spacial score (nSPS) is 9.90. The van der Waals surface area contributed by atoms with Crippen LogP contribution < -0.4 is 19.5 Å². The molecule has 1 aromatic heterocycles. The van der Waals surface area contributed by atoms with Crippen molar-refractivity contribution in [3.63, 3.8) is 0 Å². The lowest BCUT2D eigenvalue weighted by Crippen LogP contribution is -2.36. The number of aromatic nitrogens is 1. The molecule has 1 amide bonds. The Morgan fingerprint density at radius 2 is 2.00 bits per heavy atom. The van der Waals surface area contributed by atoms with Gasteiger partial charge in [-0.05, 0) is 18.2 Å². The maximum absolute atomic E-state index is 12.1. The second-order valence-corrected chi connectivity index (χ2v) is 3.93. The molecule has 104 valence electrons. The molecule has 0 aliphatic carbocycles. The van der Waals surface area contributed by atoms with E-state index in [0.29, 0.717) is 21.9 Å². The number of amides is 1. The van der Waals surface area contributed by atoms with Crippen molar-refractivity contribution in [2.45, 2.75) is 0 Å². The summed E-state index contributed by atoms with van der Waals surface area (Å²) in [7, 11) is 3.02. The van der Waals surface area contributed by atoms with E-state index >= 15 is 0 Å². The maximum Gasteiger partial charge on any atom is 0.321 e. The van der Waals surface area contributed by atoms with Gasteiger partial charge in [0.05, 0.1) is 19.9 Å². The van der Waals surface area contributed by atoms with Gasteiger partial charge < -0.3 is 20.0 Å². The monoisotopic (exact) mass is 274 g/mol. The Kier molecular flexibility index (Phi) is 4.05. The summed E-state index contributed by atoms with van der Waals surface area (Å²) in [5.41, 5.74) is 0.429. The highest BCUT2D eigenvalue weighted by Crippen LogP contribution is 2.29. The topological polar surface area (TPSA) is 74.5 Å². The molecule has 6 heteroatoms. The minimum absolute atomic E-state index is 0.00243. The van der Waals surface area contributed by atoms with E-state index in [4.69, 9.17) is 9.47 Å². The molecule has 0 spiro atoms. The van der Waals surface area contributed by atoms with Crippen LogP contribution in [0.25, 0.3) is 0 Å². The molecular weight excluding hydrogens is 260 g/mol. The molecule has 20 heavy (non-hydrogen) atoms. The average molecular weight is 274 g/mol. The molecule has 1 aromatic carbocycles. The van der Waals surface area contributed by atoms with Crippen LogP contribution in [-0.2, 0) is 0 Å². The zero-order valence-corrected chi connectivity index (χ0v) is 11.1. The summed E-state index contributed by atoms with van der Waals surface area (Å²) in [4.78, 5) is 12.1. The first-order valence-electron chi connectivity index (χ1n) is 5.87. The number of nitrogens with one attached hydrogen (secondary N) is 1. The molecule has 0 unspecified atom stereocenters. The lowest BCUT2D eigenvalue weighted by Gasteiger charge is -2.11. The fraction of sp³-hybridized carbons (Fsp3) is 0.143. The fourth-order valence-corrected chi connectivity index (χ4v) is 1.70. The number of benzene rings is 1. The van der Waals surface area contributed by atoms with E-state index < -0.39 is 5.91 Å². The fourth-order valence-electron chi connectivity index (χ4n) is 1.70. The number of carbonyl (C=O) groups is 1. The van der Waals surface area contributed by atoms with E-state index in [1.54, 1.807) is 30.3 Å². The van der Waals surface area contributed by atoms with Crippen molar-refractivity contribution >= 4 is 11.6 Å². The minimum atomic E-state index is -0.521. The summed E-state index contributed by atoms with van der Waals surface area (Å²) in [6.07, 6.45) is 1.26. The van der Waals surface area contributed by atoms with Crippen molar-refractivity contribution < 1.29 is 19.0 Å². The summed E-state index contributed by atoms with van der Waals surface area (Å²) in [6, 6.07) is 9.61. The van der Waals surface area contributed by atoms with Gasteiger partial charge in [-0.2, -0.15) is 4.73 Å². The van der Waals surface area contributed by atoms with Crippen LogP contribution in [0.5, 0.6) is 11.5 Å². The standard InChI is InChI=1S/C14H14N2O4/c1-19-10-6-7-13(20-2)11(9-10)15-14(17)12-5-3-4-8-16(12)18/h3-9H,1-2H3,(H,15,17). The SMILES string of the molecule is COc1ccc(OC)c(NC(=O)c2cccc[n+]2[O-])c1. The highest BCUT2D eigenvalue weighted by Gasteiger charge is 2.17. The highest BCUT2D eigenvalue weighted by molar-refractivity contribution is 6.02. The molecule has 0 atom stereocenters. The third-order valence-electron chi connectivity index (χ3n) is 2.71. The molecule has 0 aliphatic heterocycles. The van der Waals surface area contributed by atoms with Gasteiger partial charge in [0.25, 0.3) is 5.69 Å². The lowest BCUT2D eigenvalue weighted by molar-refractivity contribution is -0.607. The predicted octanol–water partition coefficient (Wildman–Crippen LogP) is 1.59. The molecular formula is C14H14N2O4. The second-order valence-electron chi connectivity index (χ2n) is 3.93. The lowest BCUT2D eigenvalue weighted by atomic mass is 10.2. The van der Waals surface area contributed by atoms with Crippen LogP contribution in [0.3, 0.4) is 0 Å². The first kappa shape index (κ1) is 13.7. The van der Waals surface area contributed by atoms with Crippen LogP contribution in [0, 0.1) is 5.21 Å². The molecule has 2 rings (SSSR count). The Balaban J connectivity index is 2.29. The van der Waals surface area contributed by atoms with Crippen molar-refractivity contribution in [1.82, 2.24) is 0 Å². The Morgan fingerprint density at radius 1 is 1.20 bits per heavy atom. The third kappa shape index (κ3) is 2.80. The van der Waals surface area contributed by atoms with Gasteiger partial charge in [-0.25, -0.2) is 0 Å². The number of hydrogen-bond donors (Lipinski definition) is 1. The molecule has 1 heterocycles. The van der Waals surface area contributed by atoms with Crippen LogP contribution in [-0.4, -0.2) is 20.1 Å². The molecule has 1 N–H and O–H groups in total. The van der Waals surface area contributed by atoms with Crippen molar-refractivity contribution in [1.29, 1.82) is 0 Å². The maximum atomic E-state index is 12.1. The zero-order valence-electron chi connectivity index (χ0n) is 11.1. The minimum Gasteiger partial charge on any atom is -0.618 e. The molecule has 6 nitrogen and oxygen atoms in total. The first-order valence-corrected chi connectivity index (χ1v) is 5.87. The molecule has 0 fully saturated rings. The number of nitrogens with zero attached hydrogens (tertiary/aromatic N) is 1. The van der Waals surface area contributed by atoms with Gasteiger partial charge in [-0.3, -0.25) is 4.79 Å². The van der Waals surface area contributed by atoms with E-state index in [-0.39, 0.29) is 5.69 Å². The van der Waals surface area contributed by atoms with E-state index in [2.05, 4.69) is 5.32 Å². The van der Waals surface area contributed by atoms with E-state index in [9.17, 15) is 10.0 Å². The number of rotatable bonds is 4. The largest absolute Gasteiger partial charge is 0.618 e. The molecule has 0 radical (unpaired) electrons. The van der Waals surface area contributed by atoms with Crippen molar-refractivity contribution in [2.75, 3.05) is 19.5 Å². The average Bonchev–Trinajstić information content (AvgIpc) is 2.47. The molecule has 0 saturated carbocycles. The van der Waals surface area contributed by atoms with E-state index in [0.717, 1.165) is 0 Å². The predicted molar refractivity (Wildman–Crippen MR) is 72.9 cm³/mol. The van der Waals surface area contributed by atoms with Gasteiger partial charge in [0.15, 0.2) is 6.20 Å². The Labute approximate surface area is 116 Å². The summed E-state index contributed by atoms with van der Waals surface area (Å²) < 4.78 is 10.8. The number of methoxy groups -OCH3 is 2. The third-order valence-corrected chi connectivity index (χ3v) is 2.71. The van der Waals surface area contributed by atoms with Gasteiger partial charge in [0, 0.05) is 18.2 Å². The van der Waals surface area contributed by atoms with Crippen LogP contribution >= 0.6 is 0 Å². The first-order chi connectivity index (χ1) is 9.65. The molecule has 2 aromatic rings. The van der Waals surface area contributed by atoms with Crippen LogP contribution in [0.15, 0.2) is 42.6 Å². The Bertz CT molecular complexity index is 628. The molecule has 0 aliphatic rings. The molecule has 0 saturated heterocycles. The van der Waals surface area contributed by atoms with Gasteiger partial charge in [-0.15, -0.1) is 0 Å². The van der Waals surface area contributed by atoms with E-state index in [1.165, 1.54) is 26.5 Å². The van der Waals surface area contributed by atoms with Crippen LogP contribution in [0.4, 0.5) is 5.69 Å². The number of pyridine rings is 1. The second kappa shape index (κ2) is 5.92. The molecule has 0 bridgehead atoms. The number of ether oxygens (including phenoxy) is 2. The van der Waals surface area contributed by atoms with Gasteiger partial charge in [0.1, 0.15) is 11.5 Å². The van der Waals surface area contributed by atoms with Gasteiger partial charge in [-0.1, -0.05) is 0 Å². The highest BCUT2D eigenvalue weighted by atomic mass is 16.5. The smallest absolute Gasteiger partial charge is 0.321 e. The summed E-state index contributed by atoms with van der Waals surface area (Å²) in [6.45, 7) is 0. The Hall–Kier alpha value is -2.76. The number of hydrogen-bond acceptors (Lipinski definition) is 4.